The number of hydrogen-bond acceptors (Lipinski definition) is 4. The van der Waals surface area contributed by atoms with E-state index in [-0.39, 0.29) is 11.8 Å². The van der Waals surface area contributed by atoms with Crippen molar-refractivity contribution in [2.24, 2.45) is 5.10 Å². The van der Waals surface area contributed by atoms with E-state index in [0.29, 0.717) is 28.2 Å². The summed E-state index contributed by atoms with van der Waals surface area (Å²) in [4.78, 5) is 12.9. The Morgan fingerprint density at radius 3 is 2.15 bits per heavy atom. The average molecular weight is 358 g/mol. The Morgan fingerprint density at radius 2 is 1.52 bits per heavy atom. The van der Waals surface area contributed by atoms with Crippen LogP contribution < -0.4 is 5.01 Å². The van der Waals surface area contributed by atoms with E-state index in [1.807, 2.05) is 60.7 Å². The molecule has 0 radical (unpaired) electrons. The lowest BCUT2D eigenvalue weighted by atomic mass is 10.1. The molecule has 0 spiro atoms. The van der Waals surface area contributed by atoms with E-state index in [4.69, 9.17) is 0 Å². The lowest BCUT2D eigenvalue weighted by Gasteiger charge is -2.11. The molecule has 2 heterocycles. The number of aromatic hydroxyl groups is 1. The molecule has 6 heteroatoms. The molecule has 0 saturated heterocycles. The van der Waals surface area contributed by atoms with Crippen LogP contribution in [0.1, 0.15) is 18.2 Å². The van der Waals surface area contributed by atoms with Gasteiger partial charge in [-0.3, -0.25) is 4.79 Å². The lowest BCUT2D eigenvalue weighted by molar-refractivity contribution is -0.114. The van der Waals surface area contributed by atoms with Gasteiger partial charge in [-0.1, -0.05) is 36.4 Å². The maximum Gasteiger partial charge on any atom is 0.280 e. The second kappa shape index (κ2) is 6.57. The quantitative estimate of drug-likeness (QED) is 0.726. The predicted octanol–water partition coefficient (Wildman–Crippen LogP) is 3.69. The lowest BCUT2D eigenvalue weighted by Crippen LogP contribution is -2.21. The van der Waals surface area contributed by atoms with Gasteiger partial charge in [-0.25, -0.2) is 4.68 Å². The Kier molecular flexibility index (Phi) is 4.08. The minimum atomic E-state index is -0.232. The van der Waals surface area contributed by atoms with Crippen molar-refractivity contribution >= 4 is 23.4 Å². The summed E-state index contributed by atoms with van der Waals surface area (Å²) in [5.74, 6) is -0.241. The number of carbonyl (C=O) groups is 1. The van der Waals surface area contributed by atoms with Crippen molar-refractivity contribution < 1.29 is 9.90 Å². The molecule has 1 N–H and O–H groups in total. The van der Waals surface area contributed by atoms with Crippen LogP contribution in [-0.2, 0) is 4.79 Å². The number of hydrogen-bond donors (Lipinski definition) is 1. The number of benzene rings is 2. The molecular formula is C21H18N4O2. The highest BCUT2D eigenvalue weighted by molar-refractivity contribution is 6.32. The third kappa shape index (κ3) is 2.91. The largest absolute Gasteiger partial charge is 0.493 e. The molecule has 1 amide bonds. The molecule has 2 aromatic carbocycles. The van der Waals surface area contributed by atoms with Crippen LogP contribution in [-0.4, -0.2) is 26.5 Å². The Bertz CT molecular complexity index is 1070. The van der Waals surface area contributed by atoms with Gasteiger partial charge in [-0.15, -0.1) is 0 Å². The van der Waals surface area contributed by atoms with Crippen molar-refractivity contribution in [3.8, 4) is 11.6 Å². The number of rotatable bonds is 3. The fourth-order valence-corrected chi connectivity index (χ4v) is 3.02. The van der Waals surface area contributed by atoms with Gasteiger partial charge in [-0.2, -0.15) is 15.2 Å². The summed E-state index contributed by atoms with van der Waals surface area (Å²) in [5.41, 5.74) is 3.61. The Morgan fingerprint density at radius 1 is 0.926 bits per heavy atom. The first-order valence-electron chi connectivity index (χ1n) is 8.57. The molecule has 0 unspecified atom stereocenters. The van der Waals surface area contributed by atoms with E-state index in [2.05, 4.69) is 10.2 Å². The third-order valence-electron chi connectivity index (χ3n) is 4.43. The minimum Gasteiger partial charge on any atom is -0.493 e. The highest BCUT2D eigenvalue weighted by atomic mass is 16.3. The Balaban J connectivity index is 1.74. The van der Waals surface area contributed by atoms with Crippen molar-refractivity contribution in [2.45, 2.75) is 13.8 Å². The molecule has 3 aromatic rings. The summed E-state index contributed by atoms with van der Waals surface area (Å²) in [5, 5.41) is 20.8. The van der Waals surface area contributed by atoms with Gasteiger partial charge < -0.3 is 5.11 Å². The number of para-hydroxylation sites is 2. The van der Waals surface area contributed by atoms with Crippen molar-refractivity contribution in [1.29, 1.82) is 0 Å². The van der Waals surface area contributed by atoms with Crippen LogP contribution in [0.4, 0.5) is 5.69 Å². The molecule has 27 heavy (non-hydrogen) atoms. The van der Waals surface area contributed by atoms with Crippen molar-refractivity contribution in [3.05, 3.63) is 77.5 Å². The first-order valence-corrected chi connectivity index (χ1v) is 8.57. The fraction of sp³-hybridized carbons (Fsp3) is 0.0952. The zero-order valence-electron chi connectivity index (χ0n) is 15.0. The second-order valence-electron chi connectivity index (χ2n) is 6.27. The molecule has 6 nitrogen and oxygen atoms in total. The van der Waals surface area contributed by atoms with E-state index in [1.165, 1.54) is 9.69 Å². The SMILES string of the molecule is CC1=NN(c2ccccc2)C(=O)/C1=C/c1c(C)nn(-c2ccccc2)c1O. The van der Waals surface area contributed by atoms with Crippen LogP contribution in [0.2, 0.25) is 0 Å². The standard InChI is InChI=1S/C21H18N4O2/c1-14-18(20(26)24(22-14)16-9-5-3-6-10-16)13-19-15(2)23-25(21(19)27)17-11-7-4-8-12-17/h3-13,26H,1-2H3/b19-13+. The summed E-state index contributed by atoms with van der Waals surface area (Å²) in [6.07, 6.45) is 1.65. The maximum absolute atomic E-state index is 12.9. The molecule has 1 aliphatic heterocycles. The van der Waals surface area contributed by atoms with Crippen LogP contribution >= 0.6 is 0 Å². The second-order valence-corrected chi connectivity index (χ2v) is 6.27. The van der Waals surface area contributed by atoms with Gasteiger partial charge in [0.25, 0.3) is 5.91 Å². The van der Waals surface area contributed by atoms with E-state index in [0.717, 1.165) is 5.69 Å². The number of aromatic nitrogens is 2. The molecule has 0 bridgehead atoms. The molecular weight excluding hydrogens is 340 g/mol. The number of nitrogens with zero attached hydrogens (tertiary/aromatic N) is 4. The molecule has 1 aromatic heterocycles. The zero-order chi connectivity index (χ0) is 19.0. The summed E-state index contributed by atoms with van der Waals surface area (Å²) in [7, 11) is 0. The van der Waals surface area contributed by atoms with Crippen LogP contribution in [0, 0.1) is 6.92 Å². The van der Waals surface area contributed by atoms with Gasteiger partial charge in [0.1, 0.15) is 0 Å². The van der Waals surface area contributed by atoms with E-state index >= 15 is 0 Å². The molecule has 0 aliphatic carbocycles. The number of aryl methyl sites for hydroxylation is 1. The maximum atomic E-state index is 12.9. The number of anilines is 1. The normalized spacial score (nSPS) is 15.5. The summed E-state index contributed by atoms with van der Waals surface area (Å²) < 4.78 is 1.46. The molecule has 134 valence electrons. The van der Waals surface area contributed by atoms with Crippen LogP contribution in [0.3, 0.4) is 0 Å². The van der Waals surface area contributed by atoms with E-state index in [9.17, 15) is 9.90 Å². The highest BCUT2D eigenvalue weighted by Crippen LogP contribution is 2.30. The molecule has 0 fully saturated rings. The summed E-state index contributed by atoms with van der Waals surface area (Å²) >= 11 is 0. The Hall–Kier alpha value is -3.67. The van der Waals surface area contributed by atoms with Gasteiger partial charge >= 0.3 is 0 Å². The van der Waals surface area contributed by atoms with E-state index < -0.39 is 0 Å². The average Bonchev–Trinajstić information content (AvgIpc) is 3.14. The highest BCUT2D eigenvalue weighted by Gasteiger charge is 2.29. The van der Waals surface area contributed by atoms with Crippen LogP contribution in [0.25, 0.3) is 11.8 Å². The van der Waals surface area contributed by atoms with E-state index in [1.54, 1.807) is 19.9 Å². The topological polar surface area (TPSA) is 70.7 Å². The molecule has 0 atom stereocenters. The predicted molar refractivity (Wildman–Crippen MR) is 105 cm³/mol. The third-order valence-corrected chi connectivity index (χ3v) is 4.43. The summed E-state index contributed by atoms with van der Waals surface area (Å²) in [6.45, 7) is 3.58. The number of amides is 1. The van der Waals surface area contributed by atoms with Crippen molar-refractivity contribution in [2.75, 3.05) is 5.01 Å². The first kappa shape index (κ1) is 16.8. The fourth-order valence-electron chi connectivity index (χ4n) is 3.02. The monoisotopic (exact) mass is 358 g/mol. The van der Waals surface area contributed by atoms with Gasteiger partial charge in [-0.05, 0) is 44.2 Å². The van der Waals surface area contributed by atoms with Crippen molar-refractivity contribution in [1.82, 2.24) is 9.78 Å². The Labute approximate surface area is 156 Å². The molecule has 4 rings (SSSR count). The smallest absolute Gasteiger partial charge is 0.280 e. The zero-order valence-corrected chi connectivity index (χ0v) is 15.0. The van der Waals surface area contributed by atoms with Crippen LogP contribution in [0.5, 0.6) is 5.88 Å². The van der Waals surface area contributed by atoms with Gasteiger partial charge in [0.15, 0.2) is 0 Å². The summed E-state index contributed by atoms with van der Waals surface area (Å²) in [6, 6.07) is 18.6. The van der Waals surface area contributed by atoms with Crippen LogP contribution in [0.15, 0.2) is 71.3 Å². The van der Waals surface area contributed by atoms with Crippen molar-refractivity contribution in [3.63, 3.8) is 0 Å². The minimum absolute atomic E-state index is 0.00930. The first-order chi connectivity index (χ1) is 13.1. The number of hydrazone groups is 1. The van der Waals surface area contributed by atoms with Gasteiger partial charge in [0, 0.05) is 0 Å². The number of carbonyl (C=O) groups excluding carboxylic acids is 1. The van der Waals surface area contributed by atoms with Gasteiger partial charge in [0.05, 0.1) is 33.9 Å². The molecule has 1 aliphatic rings. The molecule has 0 saturated carbocycles. The van der Waals surface area contributed by atoms with Gasteiger partial charge in [0.2, 0.25) is 5.88 Å².